The lowest BCUT2D eigenvalue weighted by Crippen LogP contribution is -2.09. The summed E-state index contributed by atoms with van der Waals surface area (Å²) in [4.78, 5) is 19.7. The minimum atomic E-state index is -0.436. The minimum absolute atomic E-state index is 0.0512. The van der Waals surface area contributed by atoms with E-state index >= 15 is 0 Å². The average molecular weight is 383 g/mol. The number of aliphatic hydroxyl groups excluding tert-OH is 1. The Bertz CT molecular complexity index is 965. The smallest absolute Gasteiger partial charge is 0.319 e. The van der Waals surface area contributed by atoms with Crippen molar-refractivity contribution < 1.29 is 14.8 Å². The molecule has 0 atom stereocenters. The summed E-state index contributed by atoms with van der Waals surface area (Å²) in [5.41, 5.74) is 1.86. The van der Waals surface area contributed by atoms with Crippen LogP contribution in [0.1, 0.15) is 12.5 Å². The van der Waals surface area contributed by atoms with E-state index in [0.717, 1.165) is 5.56 Å². The largest absolute Gasteiger partial charge is 0.461 e. The number of nitrogens with one attached hydrogen (secondary N) is 2. The molecular formula is C19H21N5O4. The van der Waals surface area contributed by atoms with E-state index in [4.69, 9.17) is 9.84 Å². The van der Waals surface area contributed by atoms with E-state index in [1.807, 2.05) is 37.3 Å². The summed E-state index contributed by atoms with van der Waals surface area (Å²) < 4.78 is 5.37. The number of hydrogen-bond acceptors (Lipinski definition) is 8. The molecule has 3 aromatic rings. The number of fused-ring (bicyclic) bond motifs is 1. The maximum Gasteiger partial charge on any atom is 0.319 e. The van der Waals surface area contributed by atoms with Gasteiger partial charge in [0.25, 0.3) is 5.69 Å². The van der Waals surface area contributed by atoms with Gasteiger partial charge in [-0.25, -0.2) is 0 Å². The number of ether oxygens (including phenoxy) is 1. The van der Waals surface area contributed by atoms with Gasteiger partial charge in [-0.3, -0.25) is 10.1 Å². The number of anilines is 2. The van der Waals surface area contributed by atoms with Crippen molar-refractivity contribution in [3.05, 3.63) is 58.1 Å². The van der Waals surface area contributed by atoms with Crippen molar-refractivity contribution in [1.82, 2.24) is 9.97 Å². The number of rotatable bonds is 9. The molecule has 1 heterocycles. The van der Waals surface area contributed by atoms with E-state index < -0.39 is 4.92 Å². The van der Waals surface area contributed by atoms with Crippen LogP contribution in [0.4, 0.5) is 17.2 Å². The first-order valence-electron chi connectivity index (χ1n) is 8.88. The molecule has 1 aromatic heterocycles. The van der Waals surface area contributed by atoms with Crippen molar-refractivity contribution in [3.63, 3.8) is 0 Å². The summed E-state index contributed by atoms with van der Waals surface area (Å²) in [5, 5.41) is 27.2. The Kier molecular flexibility index (Phi) is 6.18. The Labute approximate surface area is 161 Å². The summed E-state index contributed by atoms with van der Waals surface area (Å²) in [6, 6.07) is 12.9. The number of nitro benzene ring substituents is 1. The highest BCUT2D eigenvalue weighted by molar-refractivity contribution is 5.95. The van der Waals surface area contributed by atoms with Crippen LogP contribution in [-0.4, -0.2) is 39.8 Å². The molecule has 3 rings (SSSR count). The van der Waals surface area contributed by atoms with E-state index in [-0.39, 0.29) is 24.9 Å². The van der Waals surface area contributed by atoms with Crippen LogP contribution in [0.3, 0.4) is 0 Å². The van der Waals surface area contributed by atoms with Gasteiger partial charge in [0.2, 0.25) is 0 Å². The van der Waals surface area contributed by atoms with Gasteiger partial charge in [-0.15, -0.1) is 0 Å². The van der Waals surface area contributed by atoms with Crippen LogP contribution in [0.2, 0.25) is 0 Å². The van der Waals surface area contributed by atoms with Gasteiger partial charge in [0, 0.05) is 24.5 Å². The van der Waals surface area contributed by atoms with Crippen molar-refractivity contribution in [2.24, 2.45) is 0 Å². The number of hydrogen-bond donors (Lipinski definition) is 3. The molecule has 0 fully saturated rings. The quantitative estimate of drug-likeness (QED) is 0.381. The lowest BCUT2D eigenvalue weighted by Gasteiger charge is -2.13. The number of benzene rings is 2. The second-order valence-corrected chi connectivity index (χ2v) is 5.94. The van der Waals surface area contributed by atoms with Crippen LogP contribution in [0.5, 0.6) is 6.01 Å². The molecule has 0 spiro atoms. The zero-order valence-electron chi connectivity index (χ0n) is 15.4. The summed E-state index contributed by atoms with van der Waals surface area (Å²) in [6.07, 6.45) is 0. The molecule has 2 aromatic carbocycles. The molecule has 0 radical (unpaired) electrons. The van der Waals surface area contributed by atoms with Gasteiger partial charge in [0.15, 0.2) is 0 Å². The van der Waals surface area contributed by atoms with E-state index in [9.17, 15) is 10.1 Å². The number of aromatic nitrogens is 2. The summed E-state index contributed by atoms with van der Waals surface area (Å²) >= 11 is 0. The maximum absolute atomic E-state index is 11.5. The lowest BCUT2D eigenvalue weighted by molar-refractivity contribution is -0.383. The first kappa shape index (κ1) is 19.3. The number of aliphatic hydroxyl groups is 1. The Morgan fingerprint density at radius 2 is 1.96 bits per heavy atom. The third-order valence-corrected chi connectivity index (χ3v) is 3.98. The standard InChI is InChI=1S/C19H21N5O4/c1-2-20-16-11-15-14(10-17(16)24(26)27)18(23-19(22-15)28-9-8-25)21-12-13-6-4-3-5-7-13/h3-7,10-11,20,25H,2,8-9,12H2,1H3,(H,21,22,23). The van der Waals surface area contributed by atoms with Crippen LogP contribution >= 0.6 is 0 Å². The summed E-state index contributed by atoms with van der Waals surface area (Å²) in [6.45, 7) is 2.75. The van der Waals surface area contributed by atoms with E-state index in [1.54, 1.807) is 6.07 Å². The van der Waals surface area contributed by atoms with Crippen LogP contribution in [-0.2, 0) is 6.54 Å². The van der Waals surface area contributed by atoms with Gasteiger partial charge in [0.1, 0.15) is 18.1 Å². The highest BCUT2D eigenvalue weighted by Gasteiger charge is 2.19. The monoisotopic (exact) mass is 383 g/mol. The number of nitrogens with zero attached hydrogens (tertiary/aromatic N) is 3. The van der Waals surface area contributed by atoms with Crippen molar-refractivity contribution in [2.45, 2.75) is 13.5 Å². The predicted molar refractivity (Wildman–Crippen MR) is 107 cm³/mol. The second kappa shape index (κ2) is 8.96. The molecule has 146 valence electrons. The van der Waals surface area contributed by atoms with Gasteiger partial charge in [-0.1, -0.05) is 30.3 Å². The molecule has 0 saturated carbocycles. The maximum atomic E-state index is 11.5. The molecule has 0 bridgehead atoms. The first-order chi connectivity index (χ1) is 13.6. The fraction of sp³-hybridized carbons (Fsp3) is 0.263. The Morgan fingerprint density at radius 3 is 2.64 bits per heavy atom. The third kappa shape index (κ3) is 4.44. The van der Waals surface area contributed by atoms with Crippen molar-refractivity contribution in [2.75, 3.05) is 30.4 Å². The van der Waals surface area contributed by atoms with E-state index in [0.29, 0.717) is 35.5 Å². The predicted octanol–water partition coefficient (Wildman–Crippen LogP) is 2.95. The molecule has 0 aliphatic heterocycles. The van der Waals surface area contributed by atoms with Crippen LogP contribution in [0, 0.1) is 10.1 Å². The van der Waals surface area contributed by atoms with Gasteiger partial charge in [-0.05, 0) is 18.6 Å². The Balaban J connectivity index is 2.06. The third-order valence-electron chi connectivity index (χ3n) is 3.98. The fourth-order valence-corrected chi connectivity index (χ4v) is 2.74. The van der Waals surface area contributed by atoms with Crippen molar-refractivity contribution in [1.29, 1.82) is 0 Å². The highest BCUT2D eigenvalue weighted by Crippen LogP contribution is 2.33. The zero-order valence-corrected chi connectivity index (χ0v) is 15.4. The fourth-order valence-electron chi connectivity index (χ4n) is 2.74. The molecule has 0 unspecified atom stereocenters. The van der Waals surface area contributed by atoms with Crippen LogP contribution in [0.15, 0.2) is 42.5 Å². The molecule has 0 aliphatic carbocycles. The molecule has 9 heteroatoms. The van der Waals surface area contributed by atoms with Gasteiger partial charge >= 0.3 is 6.01 Å². The molecule has 0 saturated heterocycles. The molecular weight excluding hydrogens is 362 g/mol. The van der Waals surface area contributed by atoms with Crippen LogP contribution in [0.25, 0.3) is 10.9 Å². The minimum Gasteiger partial charge on any atom is -0.461 e. The van der Waals surface area contributed by atoms with Crippen molar-refractivity contribution in [3.8, 4) is 6.01 Å². The van der Waals surface area contributed by atoms with E-state index in [2.05, 4.69) is 20.6 Å². The topological polar surface area (TPSA) is 122 Å². The Hall–Kier alpha value is -3.46. The average Bonchev–Trinajstić information content (AvgIpc) is 2.70. The van der Waals surface area contributed by atoms with Gasteiger partial charge in [-0.2, -0.15) is 9.97 Å². The zero-order chi connectivity index (χ0) is 19.9. The van der Waals surface area contributed by atoms with Crippen LogP contribution < -0.4 is 15.4 Å². The molecule has 0 amide bonds. The molecule has 28 heavy (non-hydrogen) atoms. The number of nitro groups is 1. The summed E-state index contributed by atoms with van der Waals surface area (Å²) in [5.74, 6) is 0.424. The normalized spacial score (nSPS) is 10.6. The lowest BCUT2D eigenvalue weighted by atomic mass is 10.1. The van der Waals surface area contributed by atoms with Gasteiger partial charge in [0.05, 0.1) is 17.0 Å². The van der Waals surface area contributed by atoms with E-state index in [1.165, 1.54) is 6.07 Å². The molecule has 3 N–H and O–H groups in total. The van der Waals surface area contributed by atoms with Gasteiger partial charge < -0.3 is 20.5 Å². The summed E-state index contributed by atoms with van der Waals surface area (Å²) in [7, 11) is 0. The SMILES string of the molecule is CCNc1cc2nc(OCCO)nc(NCc3ccccc3)c2cc1[N+](=O)[O-]. The highest BCUT2D eigenvalue weighted by atomic mass is 16.6. The second-order valence-electron chi connectivity index (χ2n) is 5.94. The first-order valence-corrected chi connectivity index (χ1v) is 8.88. The van der Waals surface area contributed by atoms with Crippen molar-refractivity contribution >= 4 is 28.1 Å². The molecule has 0 aliphatic rings. The molecule has 9 nitrogen and oxygen atoms in total. The Morgan fingerprint density at radius 1 is 1.18 bits per heavy atom.